The third-order valence-electron chi connectivity index (χ3n) is 6.51. The Morgan fingerprint density at radius 1 is 0.814 bits per heavy atom. The maximum absolute atomic E-state index is 13.2. The number of hydrogen-bond donors (Lipinski definition) is 1. The van der Waals surface area contributed by atoms with E-state index in [1.54, 1.807) is 54.6 Å². The molecule has 0 unspecified atom stereocenters. The molecule has 3 amide bonds. The minimum absolute atomic E-state index is 0.0947. The Labute approximate surface area is 246 Å². The van der Waals surface area contributed by atoms with Gasteiger partial charge in [0.25, 0.3) is 5.72 Å². The lowest BCUT2D eigenvalue weighted by Gasteiger charge is -2.35. The van der Waals surface area contributed by atoms with Gasteiger partial charge in [0, 0.05) is 14.0 Å². The number of ether oxygens (including phenoxy) is 4. The zero-order valence-corrected chi connectivity index (χ0v) is 23.2. The summed E-state index contributed by atoms with van der Waals surface area (Å²) in [4.78, 5) is 64.5. The molecule has 1 heterocycles. The summed E-state index contributed by atoms with van der Waals surface area (Å²) in [5, 5.41) is 12.5. The van der Waals surface area contributed by atoms with E-state index in [9.17, 15) is 29.2 Å². The van der Waals surface area contributed by atoms with Gasteiger partial charge in [-0.1, -0.05) is 54.6 Å². The summed E-state index contributed by atoms with van der Waals surface area (Å²) in [7, 11) is 1.14. The number of likely N-dealkylation sites (N-methyl/N-ethyl adjacent to an activating group) is 1. The van der Waals surface area contributed by atoms with Gasteiger partial charge in [-0.15, -0.1) is 0 Å². The van der Waals surface area contributed by atoms with Crippen LogP contribution in [0.1, 0.15) is 38.0 Å². The smallest absolute Gasteiger partial charge is 0.338 e. The highest BCUT2D eigenvalue weighted by Crippen LogP contribution is 2.38. The first-order valence-electron chi connectivity index (χ1n) is 13.0. The number of rotatable bonds is 8. The van der Waals surface area contributed by atoms with E-state index in [1.165, 1.54) is 36.4 Å². The van der Waals surface area contributed by atoms with Crippen LogP contribution in [0.25, 0.3) is 0 Å². The number of nitriles is 1. The van der Waals surface area contributed by atoms with Crippen molar-refractivity contribution in [2.75, 3.05) is 13.7 Å². The maximum atomic E-state index is 13.2. The molecule has 1 aliphatic heterocycles. The fraction of sp³-hybridized carbons (Fsp3) is 0.226. The summed E-state index contributed by atoms with van der Waals surface area (Å²) in [5.41, 5.74) is -1.99. The molecule has 0 aliphatic carbocycles. The Morgan fingerprint density at radius 2 is 1.28 bits per heavy atom. The molecule has 43 heavy (non-hydrogen) atoms. The van der Waals surface area contributed by atoms with E-state index < -0.39 is 60.5 Å². The number of carbonyl (C=O) groups is 5. The molecule has 3 aromatic carbocycles. The predicted octanol–water partition coefficient (Wildman–Crippen LogP) is 3.10. The van der Waals surface area contributed by atoms with Crippen LogP contribution in [0.3, 0.4) is 0 Å². The summed E-state index contributed by atoms with van der Waals surface area (Å²) in [6.07, 6.45) is -4.72. The maximum Gasteiger partial charge on any atom is 0.338 e. The number of amides is 3. The van der Waals surface area contributed by atoms with Crippen molar-refractivity contribution in [2.45, 2.75) is 31.0 Å². The average Bonchev–Trinajstić information content (AvgIpc) is 3.32. The minimum atomic E-state index is -2.44. The molecule has 0 bridgehead atoms. The molecule has 0 saturated carbocycles. The topological polar surface area (TPSA) is 161 Å². The van der Waals surface area contributed by atoms with Crippen molar-refractivity contribution in [3.8, 4) is 6.07 Å². The first kappa shape index (κ1) is 30.4. The number of hydrogen-bond acceptors (Lipinski definition) is 10. The van der Waals surface area contributed by atoms with E-state index in [0.29, 0.717) is 0 Å². The van der Waals surface area contributed by atoms with Crippen molar-refractivity contribution < 1.29 is 42.9 Å². The van der Waals surface area contributed by atoms with Gasteiger partial charge in [0.1, 0.15) is 18.8 Å². The molecule has 1 N–H and O–H groups in total. The summed E-state index contributed by atoms with van der Waals surface area (Å²) in [5.74, 6) is -3.26. The molecule has 4 atom stereocenters. The van der Waals surface area contributed by atoms with Gasteiger partial charge in [0.15, 0.2) is 6.10 Å². The Kier molecular flexibility index (Phi) is 9.49. The van der Waals surface area contributed by atoms with Crippen LogP contribution in [0.15, 0.2) is 91.0 Å². The molecular weight excluding hydrogens is 558 g/mol. The second kappa shape index (κ2) is 13.4. The van der Waals surface area contributed by atoms with E-state index in [2.05, 4.69) is 0 Å². The summed E-state index contributed by atoms with van der Waals surface area (Å²) in [6.45, 7) is 0.523. The third kappa shape index (κ3) is 6.86. The molecule has 0 spiro atoms. The lowest BCUT2D eigenvalue weighted by molar-refractivity contribution is -0.129. The number of nitrogens with one attached hydrogen (secondary N) is 1. The fourth-order valence-electron chi connectivity index (χ4n) is 4.36. The van der Waals surface area contributed by atoms with Crippen LogP contribution in [0.2, 0.25) is 0 Å². The average molecular weight is 586 g/mol. The second-order valence-corrected chi connectivity index (χ2v) is 9.40. The van der Waals surface area contributed by atoms with Crippen molar-refractivity contribution in [3.05, 3.63) is 108 Å². The number of imide groups is 1. The van der Waals surface area contributed by atoms with Crippen LogP contribution in [-0.2, 0) is 23.7 Å². The molecule has 3 aromatic rings. The summed E-state index contributed by atoms with van der Waals surface area (Å²) >= 11 is 0. The standard InChI is InChI=1S/C31H27N3O9/c1-20(35)33-30(39)34(2)31(19-32)26(42-29(38)23-16-10-5-11-17-23)25(41-28(37)22-14-8-4-9-15-22)24(43-31)18-40-27(36)21-12-6-3-7-13-21/h3-17,24-26H,18H2,1-2H3,(H,33,35,39)/t24-,25-,26-,31-/m1/s1. The van der Waals surface area contributed by atoms with Gasteiger partial charge in [-0.05, 0) is 36.4 Å². The summed E-state index contributed by atoms with van der Waals surface area (Å²) in [6, 6.07) is 24.5. The van der Waals surface area contributed by atoms with Crippen molar-refractivity contribution in [3.63, 3.8) is 0 Å². The van der Waals surface area contributed by atoms with Crippen LogP contribution in [0.4, 0.5) is 4.79 Å². The van der Waals surface area contributed by atoms with Crippen molar-refractivity contribution in [1.82, 2.24) is 10.2 Å². The Bertz CT molecular complexity index is 1530. The van der Waals surface area contributed by atoms with Crippen molar-refractivity contribution >= 4 is 29.8 Å². The monoisotopic (exact) mass is 585 g/mol. The lowest BCUT2D eigenvalue weighted by Crippen LogP contribution is -2.60. The molecule has 1 fully saturated rings. The van der Waals surface area contributed by atoms with Gasteiger partial charge >= 0.3 is 23.9 Å². The molecule has 0 radical (unpaired) electrons. The van der Waals surface area contributed by atoms with Gasteiger partial charge in [0.2, 0.25) is 12.0 Å². The van der Waals surface area contributed by atoms with E-state index in [-0.39, 0.29) is 16.7 Å². The minimum Gasteiger partial charge on any atom is -0.459 e. The first-order valence-corrected chi connectivity index (χ1v) is 13.0. The Hall–Kier alpha value is -5.54. The van der Waals surface area contributed by atoms with Crippen molar-refractivity contribution in [1.29, 1.82) is 5.26 Å². The van der Waals surface area contributed by atoms with Crippen LogP contribution in [0.5, 0.6) is 0 Å². The predicted molar refractivity (Wildman–Crippen MR) is 148 cm³/mol. The van der Waals surface area contributed by atoms with E-state index in [4.69, 9.17) is 18.9 Å². The van der Waals surface area contributed by atoms with Crippen molar-refractivity contribution in [2.24, 2.45) is 0 Å². The van der Waals surface area contributed by atoms with Gasteiger partial charge in [-0.3, -0.25) is 15.0 Å². The van der Waals surface area contributed by atoms with Crippen LogP contribution in [0, 0.1) is 11.3 Å². The molecule has 1 aliphatic rings. The number of esters is 3. The molecule has 12 nitrogen and oxygen atoms in total. The Morgan fingerprint density at radius 3 is 1.74 bits per heavy atom. The number of carbonyl (C=O) groups excluding carboxylic acids is 5. The van der Waals surface area contributed by atoms with Crippen LogP contribution >= 0.6 is 0 Å². The normalized spacial score (nSPS) is 20.6. The highest BCUT2D eigenvalue weighted by atomic mass is 16.7. The third-order valence-corrected chi connectivity index (χ3v) is 6.51. The summed E-state index contributed by atoms with van der Waals surface area (Å²) < 4.78 is 22.9. The van der Waals surface area contributed by atoms with E-state index in [1.807, 2.05) is 11.4 Å². The van der Waals surface area contributed by atoms with E-state index in [0.717, 1.165) is 18.9 Å². The SMILES string of the molecule is CC(=O)NC(=O)N(C)[C@]1(C#N)O[C@H](COC(=O)c2ccccc2)[C@@H](OC(=O)c2ccccc2)[C@H]1OC(=O)c1ccccc1. The zero-order chi connectivity index (χ0) is 31.0. The highest BCUT2D eigenvalue weighted by molar-refractivity contribution is 5.94. The number of nitrogens with zero attached hydrogens (tertiary/aromatic N) is 2. The quantitative estimate of drug-likeness (QED) is 0.307. The van der Waals surface area contributed by atoms with Gasteiger partial charge in [-0.2, -0.15) is 5.26 Å². The molecule has 220 valence electrons. The number of urea groups is 1. The molecule has 0 aromatic heterocycles. The van der Waals surface area contributed by atoms with Gasteiger partial charge < -0.3 is 18.9 Å². The van der Waals surface area contributed by atoms with Gasteiger partial charge in [0.05, 0.1) is 16.7 Å². The molecule has 4 rings (SSSR count). The highest BCUT2D eigenvalue weighted by Gasteiger charge is 2.64. The molecule has 12 heteroatoms. The zero-order valence-electron chi connectivity index (χ0n) is 23.2. The van der Waals surface area contributed by atoms with Crippen LogP contribution in [-0.4, -0.2) is 72.4 Å². The fourth-order valence-corrected chi connectivity index (χ4v) is 4.36. The molecular formula is C31H27N3O9. The van der Waals surface area contributed by atoms with E-state index >= 15 is 0 Å². The van der Waals surface area contributed by atoms with Gasteiger partial charge in [-0.25, -0.2) is 19.2 Å². The second-order valence-electron chi connectivity index (χ2n) is 9.40. The number of benzene rings is 3. The first-order chi connectivity index (χ1) is 20.7. The Balaban J connectivity index is 1.75. The molecule has 1 saturated heterocycles. The largest absolute Gasteiger partial charge is 0.459 e. The lowest BCUT2D eigenvalue weighted by atomic mass is 10.0. The van der Waals surface area contributed by atoms with Crippen LogP contribution < -0.4 is 5.32 Å².